The molecule has 2 heteroatoms. The van der Waals surface area contributed by atoms with E-state index in [1.165, 1.54) is 18.9 Å². The number of ketones is 1. The summed E-state index contributed by atoms with van der Waals surface area (Å²) >= 11 is 0. The second-order valence-corrected chi connectivity index (χ2v) is 4.41. The van der Waals surface area contributed by atoms with Gasteiger partial charge in [-0.1, -0.05) is 12.8 Å². The number of carbonyl (C=O) groups excluding carboxylic acids is 2. The molecule has 2 aliphatic rings. The van der Waals surface area contributed by atoms with Crippen LogP contribution in [0.25, 0.3) is 0 Å². The monoisotopic (exact) mass is 178 g/mol. The van der Waals surface area contributed by atoms with Crippen LogP contribution in [0.5, 0.6) is 0 Å². The van der Waals surface area contributed by atoms with E-state index in [2.05, 4.69) is 0 Å². The summed E-state index contributed by atoms with van der Waals surface area (Å²) in [6, 6.07) is 0. The molecule has 0 radical (unpaired) electrons. The molecule has 13 heavy (non-hydrogen) atoms. The van der Waals surface area contributed by atoms with Crippen molar-refractivity contribution in [3.05, 3.63) is 6.08 Å². The summed E-state index contributed by atoms with van der Waals surface area (Å²) in [5.41, 5.74) is -0.465. The lowest BCUT2D eigenvalue weighted by Crippen LogP contribution is -2.56. The van der Waals surface area contributed by atoms with E-state index < -0.39 is 5.41 Å². The first kappa shape index (κ1) is 8.71. The van der Waals surface area contributed by atoms with Gasteiger partial charge >= 0.3 is 0 Å². The van der Waals surface area contributed by atoms with E-state index in [0.717, 1.165) is 12.8 Å². The van der Waals surface area contributed by atoms with Gasteiger partial charge < -0.3 is 0 Å². The molecule has 0 amide bonds. The second kappa shape index (κ2) is 2.81. The fourth-order valence-electron chi connectivity index (χ4n) is 2.95. The highest BCUT2D eigenvalue weighted by Crippen LogP contribution is 2.54. The first-order valence-corrected chi connectivity index (χ1v) is 4.96. The predicted molar refractivity (Wildman–Crippen MR) is 48.8 cm³/mol. The minimum absolute atomic E-state index is 0.253. The van der Waals surface area contributed by atoms with Gasteiger partial charge in [0.2, 0.25) is 0 Å². The van der Waals surface area contributed by atoms with Crippen molar-refractivity contribution in [2.45, 2.75) is 32.6 Å². The normalized spacial score (nSPS) is 43.0. The minimum Gasteiger partial charge on any atom is -0.298 e. The molecule has 70 valence electrons. The summed E-state index contributed by atoms with van der Waals surface area (Å²) in [5, 5.41) is 0. The molecule has 0 aromatic carbocycles. The summed E-state index contributed by atoms with van der Waals surface area (Å²) in [7, 11) is 0. The number of hydrogen-bond donors (Lipinski definition) is 0. The smallest absolute Gasteiger partial charge is 0.146 e. The molecule has 0 saturated heterocycles. The van der Waals surface area contributed by atoms with Gasteiger partial charge in [0, 0.05) is 12.0 Å². The zero-order chi connectivity index (χ0) is 9.47. The summed E-state index contributed by atoms with van der Waals surface area (Å²) in [6.07, 6.45) is 5.95. The highest BCUT2D eigenvalue weighted by atomic mass is 16.1. The maximum Gasteiger partial charge on any atom is 0.146 e. The number of hydrogen-bond acceptors (Lipinski definition) is 2. The van der Waals surface area contributed by atoms with Crippen LogP contribution in [0.3, 0.4) is 0 Å². The van der Waals surface area contributed by atoms with Gasteiger partial charge in [-0.2, -0.15) is 0 Å². The lowest BCUT2D eigenvalue weighted by Gasteiger charge is -2.51. The molecule has 2 rings (SSSR count). The van der Waals surface area contributed by atoms with Crippen molar-refractivity contribution in [1.82, 2.24) is 0 Å². The van der Waals surface area contributed by atoms with Crippen molar-refractivity contribution < 1.29 is 9.59 Å². The van der Waals surface area contributed by atoms with Gasteiger partial charge in [0.25, 0.3) is 0 Å². The molecule has 0 aliphatic heterocycles. The van der Waals surface area contributed by atoms with Gasteiger partial charge in [0.05, 0.1) is 5.41 Å². The van der Waals surface area contributed by atoms with Gasteiger partial charge in [-0.3, -0.25) is 4.79 Å². The van der Waals surface area contributed by atoms with Crippen LogP contribution >= 0.6 is 0 Å². The first-order valence-electron chi connectivity index (χ1n) is 4.96. The lowest BCUT2D eigenvalue weighted by molar-refractivity contribution is -0.153. The molecule has 2 nitrogen and oxygen atoms in total. The van der Waals surface area contributed by atoms with E-state index in [-0.39, 0.29) is 11.7 Å². The Kier molecular flexibility index (Phi) is 1.88. The van der Waals surface area contributed by atoms with E-state index in [1.54, 1.807) is 5.94 Å². The number of Topliss-reactive ketones (excluding diaryl/α,β-unsaturated/α-hetero) is 1. The largest absolute Gasteiger partial charge is 0.298 e. The number of fused-ring (bicyclic) bond motifs is 1. The fourth-order valence-corrected chi connectivity index (χ4v) is 2.95. The van der Waals surface area contributed by atoms with Crippen molar-refractivity contribution in [2.24, 2.45) is 17.3 Å². The minimum atomic E-state index is -0.465. The van der Waals surface area contributed by atoms with Crippen LogP contribution < -0.4 is 0 Å². The summed E-state index contributed by atoms with van der Waals surface area (Å²) in [5.74, 6) is 2.72. The SMILES string of the molecule is C[C@@]1(C=C=O)C(=O)[C@@H]2CCCC[C@@H]21. The average molecular weight is 178 g/mol. The van der Waals surface area contributed by atoms with Crippen molar-refractivity contribution >= 4 is 11.7 Å². The Labute approximate surface area is 78.0 Å². The van der Waals surface area contributed by atoms with Crippen LogP contribution in [0.2, 0.25) is 0 Å². The molecule has 0 N–H and O–H groups in total. The van der Waals surface area contributed by atoms with Crippen molar-refractivity contribution in [2.75, 3.05) is 0 Å². The average Bonchev–Trinajstić information content (AvgIpc) is 2.17. The van der Waals surface area contributed by atoms with Crippen molar-refractivity contribution in [3.8, 4) is 0 Å². The molecule has 0 bridgehead atoms. The molecular formula is C11H14O2. The third-order valence-electron chi connectivity index (χ3n) is 3.76. The molecular weight excluding hydrogens is 164 g/mol. The summed E-state index contributed by atoms with van der Waals surface area (Å²) in [4.78, 5) is 22.0. The molecule has 0 spiro atoms. The third-order valence-corrected chi connectivity index (χ3v) is 3.76. The second-order valence-electron chi connectivity index (χ2n) is 4.41. The van der Waals surface area contributed by atoms with Gasteiger partial charge in [0.1, 0.15) is 11.7 Å². The summed E-state index contributed by atoms with van der Waals surface area (Å²) in [6.45, 7) is 1.88. The van der Waals surface area contributed by atoms with Gasteiger partial charge in [-0.05, 0) is 25.7 Å². The number of carbonyl (C=O) groups is 1. The topological polar surface area (TPSA) is 34.1 Å². The van der Waals surface area contributed by atoms with E-state index in [1.807, 2.05) is 6.92 Å². The highest BCUT2D eigenvalue weighted by molar-refractivity contribution is 5.96. The molecule has 2 saturated carbocycles. The molecule has 2 fully saturated rings. The van der Waals surface area contributed by atoms with E-state index in [0.29, 0.717) is 5.92 Å². The lowest BCUT2D eigenvalue weighted by atomic mass is 9.49. The van der Waals surface area contributed by atoms with Crippen LogP contribution in [-0.4, -0.2) is 11.7 Å². The van der Waals surface area contributed by atoms with E-state index >= 15 is 0 Å². The molecule has 0 unspecified atom stereocenters. The quantitative estimate of drug-likeness (QED) is 0.573. The van der Waals surface area contributed by atoms with Crippen LogP contribution in [0.1, 0.15) is 32.6 Å². The Morgan fingerprint density at radius 2 is 2.15 bits per heavy atom. The van der Waals surface area contributed by atoms with Crippen LogP contribution in [0.4, 0.5) is 0 Å². The number of allylic oxidation sites excluding steroid dienone is 1. The molecule has 2 aliphatic carbocycles. The number of rotatable bonds is 1. The Hall–Kier alpha value is -0.880. The van der Waals surface area contributed by atoms with E-state index in [4.69, 9.17) is 0 Å². The Morgan fingerprint density at radius 3 is 2.85 bits per heavy atom. The Bertz CT molecular complexity index is 288. The van der Waals surface area contributed by atoms with Gasteiger partial charge in [-0.25, -0.2) is 4.79 Å². The maximum absolute atomic E-state index is 11.7. The van der Waals surface area contributed by atoms with Crippen LogP contribution in [0.15, 0.2) is 6.08 Å². The van der Waals surface area contributed by atoms with Crippen LogP contribution in [-0.2, 0) is 9.59 Å². The van der Waals surface area contributed by atoms with Crippen molar-refractivity contribution in [3.63, 3.8) is 0 Å². The highest BCUT2D eigenvalue weighted by Gasteiger charge is 2.57. The summed E-state index contributed by atoms with van der Waals surface area (Å²) < 4.78 is 0. The molecule has 0 heterocycles. The Balaban J connectivity index is 2.23. The maximum atomic E-state index is 11.7. The standard InChI is InChI=1S/C11H14O2/c1-11(6-7-12)9-5-3-2-4-8(9)10(11)13/h6,8-9H,2-5H2,1H3/t8-,9+,11+/m1/s1. The molecule has 0 aromatic heterocycles. The Morgan fingerprint density at radius 1 is 1.46 bits per heavy atom. The fraction of sp³-hybridized carbons (Fsp3) is 0.727. The molecule has 3 atom stereocenters. The zero-order valence-corrected chi connectivity index (χ0v) is 7.88. The van der Waals surface area contributed by atoms with E-state index in [9.17, 15) is 9.59 Å². The third kappa shape index (κ3) is 1.02. The van der Waals surface area contributed by atoms with Gasteiger partial charge in [-0.15, -0.1) is 0 Å². The van der Waals surface area contributed by atoms with Crippen molar-refractivity contribution in [1.29, 1.82) is 0 Å². The predicted octanol–water partition coefficient (Wildman–Crippen LogP) is 1.77. The van der Waals surface area contributed by atoms with Gasteiger partial charge in [0.15, 0.2) is 0 Å². The van der Waals surface area contributed by atoms with Crippen LogP contribution in [0, 0.1) is 17.3 Å². The zero-order valence-electron chi connectivity index (χ0n) is 7.88. The molecule has 0 aromatic rings. The first-order chi connectivity index (χ1) is 6.20.